The van der Waals surface area contributed by atoms with Crippen molar-refractivity contribution in [3.05, 3.63) is 27.0 Å². The summed E-state index contributed by atoms with van der Waals surface area (Å²) in [7, 11) is -9.11. The average Bonchev–Trinajstić information content (AvgIpc) is 2.79. The zero-order chi connectivity index (χ0) is 20.6. The van der Waals surface area contributed by atoms with Crippen molar-refractivity contribution in [2.75, 3.05) is 13.7 Å². The highest BCUT2D eigenvalue weighted by atomic mass is 31.3. The Hall–Kier alpha value is -1.28. The molecule has 0 radical (unpaired) electrons. The lowest BCUT2D eigenvalue weighted by atomic mass is 10.1. The molecule has 14 nitrogen and oxygen atoms in total. The fraction of sp³-hybridized carbons (Fsp3) is 0.600. The van der Waals surface area contributed by atoms with Gasteiger partial charge in [-0.15, -0.1) is 0 Å². The van der Waals surface area contributed by atoms with Gasteiger partial charge in [-0.1, -0.05) is 0 Å². The minimum Gasteiger partial charge on any atom is -0.490 e. The smallest absolute Gasteiger partial charge is 0.474 e. The molecule has 1 aliphatic rings. The van der Waals surface area contributed by atoms with E-state index in [4.69, 9.17) is 23.8 Å². The molecule has 0 spiro atoms. The molecule has 2 rings (SSSR count). The van der Waals surface area contributed by atoms with E-state index in [1.165, 1.54) is 7.11 Å². The standard InChI is InChI=1S/C10H18BN2O12P2/c1-22-4-2-13(10(17)12-8(4)16)9-7(15)6(14)5(24-9)3-23-26(11,18)25-27(19,20)21/h2,5-7,9,14-15H,3H2,1,11H3,(H,12,16,17)(H2,19,20,21)/q-1/t5-,6-,7-,9-,26-/m1/s1. The number of ether oxygens (including phenoxy) is 2. The lowest BCUT2D eigenvalue weighted by Gasteiger charge is -2.22. The summed E-state index contributed by atoms with van der Waals surface area (Å²) in [5.74, 6) is -0.247. The van der Waals surface area contributed by atoms with Gasteiger partial charge in [0.2, 0.25) is 5.75 Å². The zero-order valence-corrected chi connectivity index (χ0v) is 14.8. The molecule has 0 amide bonds. The van der Waals surface area contributed by atoms with E-state index in [2.05, 4.69) is 4.31 Å². The Morgan fingerprint density at radius 3 is 2.48 bits per heavy atom. The maximum atomic E-state index is 12.0. The molecule has 0 saturated carbocycles. The number of hydrogen-bond acceptors (Lipinski definition) is 10. The summed E-state index contributed by atoms with van der Waals surface area (Å²) in [6.07, 6.45) is -4.96. The highest BCUT2D eigenvalue weighted by molar-refractivity contribution is 7.83. The highest BCUT2D eigenvalue weighted by Gasteiger charge is 2.45. The van der Waals surface area contributed by atoms with Gasteiger partial charge in [-0.25, -0.2) is 13.7 Å². The number of aliphatic hydroxyl groups is 2. The van der Waals surface area contributed by atoms with E-state index < -0.39 is 65.3 Å². The largest absolute Gasteiger partial charge is 0.490 e. The Balaban J connectivity index is 2.17. The maximum absolute atomic E-state index is 12.0. The number of methoxy groups -OCH3 is 1. The minimum absolute atomic E-state index is 0.247. The third kappa shape index (κ3) is 5.38. The van der Waals surface area contributed by atoms with Crippen LogP contribution in [0, 0.1) is 0 Å². The van der Waals surface area contributed by atoms with Crippen LogP contribution in [0.1, 0.15) is 6.23 Å². The number of phosphoric acid groups is 1. The van der Waals surface area contributed by atoms with Crippen LogP contribution in [0.5, 0.6) is 5.75 Å². The molecule has 0 aliphatic carbocycles. The van der Waals surface area contributed by atoms with Crippen LogP contribution in [-0.2, 0) is 22.7 Å². The van der Waals surface area contributed by atoms with E-state index >= 15 is 0 Å². The summed E-state index contributed by atoms with van der Waals surface area (Å²) >= 11 is 0. The quantitative estimate of drug-likeness (QED) is 0.213. The van der Waals surface area contributed by atoms with E-state index in [1.807, 2.05) is 4.98 Å². The first-order valence-electron chi connectivity index (χ1n) is 6.80. The monoisotopic (exact) mass is 431 g/mol. The van der Waals surface area contributed by atoms with Gasteiger partial charge in [0.05, 0.1) is 27.5 Å². The first kappa shape index (κ1) is 22.0. The molecule has 154 valence electrons. The Kier molecular flexibility index (Phi) is 6.52. The number of aromatic nitrogens is 2. The van der Waals surface area contributed by atoms with Gasteiger partial charge in [0.25, 0.3) is 5.56 Å². The normalized spacial score (nSPS) is 28.1. The van der Waals surface area contributed by atoms with Crippen LogP contribution in [0.25, 0.3) is 0 Å². The molecule has 1 aliphatic heterocycles. The predicted octanol–water partition coefficient (Wildman–Crippen LogP) is -3.24. The van der Waals surface area contributed by atoms with E-state index in [9.17, 15) is 28.9 Å². The third-order valence-electron chi connectivity index (χ3n) is 3.28. The van der Waals surface area contributed by atoms with Gasteiger partial charge >= 0.3 is 13.5 Å². The molecule has 27 heavy (non-hydrogen) atoms. The molecule has 5 atom stereocenters. The second kappa shape index (κ2) is 7.99. The van der Waals surface area contributed by atoms with E-state index in [1.54, 1.807) is 0 Å². The number of rotatable bonds is 7. The molecule has 1 aromatic rings. The van der Waals surface area contributed by atoms with Gasteiger partial charge in [-0.3, -0.25) is 14.3 Å². The Morgan fingerprint density at radius 1 is 1.30 bits per heavy atom. The molecule has 1 saturated heterocycles. The van der Waals surface area contributed by atoms with Crippen molar-refractivity contribution in [2.45, 2.75) is 24.5 Å². The number of nitrogens with one attached hydrogen (secondary N) is 1. The topological polar surface area (TPSA) is 207 Å². The molecule has 1 aromatic heterocycles. The summed E-state index contributed by atoms with van der Waals surface area (Å²) in [5.41, 5.74) is -1.75. The first-order valence-corrected chi connectivity index (χ1v) is 9.42. The number of H-pyrrole nitrogens is 1. The van der Waals surface area contributed by atoms with Gasteiger partial charge in [0.15, 0.2) is 13.7 Å². The van der Waals surface area contributed by atoms with Crippen molar-refractivity contribution in [3.8, 4) is 5.75 Å². The Bertz CT molecular complexity index is 895. The van der Waals surface area contributed by atoms with Crippen molar-refractivity contribution in [1.29, 1.82) is 0 Å². The van der Waals surface area contributed by atoms with Gasteiger partial charge < -0.3 is 38.6 Å². The fourth-order valence-electron chi connectivity index (χ4n) is 2.14. The second-order valence-corrected chi connectivity index (χ2v) is 7.34. The fourth-order valence-corrected chi connectivity index (χ4v) is 3.29. The minimum atomic E-state index is -5.03. The van der Waals surface area contributed by atoms with E-state index in [0.717, 1.165) is 10.8 Å². The molecular formula is C10H18BN2O12P2-. The number of nitrogens with zero attached hydrogens (tertiary/aromatic N) is 1. The summed E-state index contributed by atoms with van der Waals surface area (Å²) in [6.45, 7) is -0.620. The van der Waals surface area contributed by atoms with Crippen molar-refractivity contribution < 1.29 is 47.4 Å². The first-order chi connectivity index (χ1) is 12.3. The van der Waals surface area contributed by atoms with Gasteiger partial charge in [-0.2, -0.15) is 0 Å². The van der Waals surface area contributed by atoms with Crippen LogP contribution < -0.4 is 16.0 Å². The van der Waals surface area contributed by atoms with Crippen LogP contribution in [0.3, 0.4) is 0 Å². The number of aliphatic hydroxyl groups excluding tert-OH is 2. The molecule has 0 unspecified atom stereocenters. The summed E-state index contributed by atoms with van der Waals surface area (Å²) in [5, 5.41) is 20.2. The number of aromatic amines is 1. The molecule has 17 heteroatoms. The van der Waals surface area contributed by atoms with Crippen molar-refractivity contribution in [3.63, 3.8) is 0 Å². The van der Waals surface area contributed by atoms with Crippen LogP contribution in [0.4, 0.5) is 0 Å². The van der Waals surface area contributed by atoms with E-state index in [-0.39, 0.29) is 5.75 Å². The summed E-state index contributed by atoms with van der Waals surface area (Å²) in [4.78, 5) is 42.8. The number of hydrogen-bond donors (Lipinski definition) is 5. The van der Waals surface area contributed by atoms with E-state index in [0.29, 0.717) is 0 Å². The Morgan fingerprint density at radius 2 is 1.93 bits per heavy atom. The maximum Gasteiger partial charge on any atom is 0.474 e. The zero-order valence-electron chi connectivity index (χ0n) is 13.0. The third-order valence-corrected chi connectivity index (χ3v) is 5.03. The average molecular weight is 431 g/mol. The van der Waals surface area contributed by atoms with Crippen molar-refractivity contribution >= 4 is 22.9 Å². The van der Waals surface area contributed by atoms with Crippen LogP contribution >= 0.6 is 15.3 Å². The molecule has 1 fully saturated rings. The lowest BCUT2D eigenvalue weighted by molar-refractivity contribution is -0.0522. The lowest BCUT2D eigenvalue weighted by Crippen LogP contribution is -2.38. The molecule has 5 N–H and O–H groups in total. The summed E-state index contributed by atoms with van der Waals surface area (Å²) < 4.78 is 42.6. The summed E-state index contributed by atoms with van der Waals surface area (Å²) in [6, 6.07) is 0. The predicted molar refractivity (Wildman–Crippen MR) is 90.4 cm³/mol. The van der Waals surface area contributed by atoms with Gasteiger partial charge in [-0.05, 0) is 0 Å². The molecule has 2 heterocycles. The molecule has 0 bridgehead atoms. The van der Waals surface area contributed by atoms with Crippen LogP contribution in [0.15, 0.2) is 15.8 Å². The molecular weight excluding hydrogens is 413 g/mol. The second-order valence-electron chi connectivity index (χ2n) is 5.00. The van der Waals surface area contributed by atoms with Gasteiger partial charge in [0.1, 0.15) is 18.3 Å². The molecule has 0 aromatic carbocycles. The highest BCUT2D eigenvalue weighted by Crippen LogP contribution is 2.57. The van der Waals surface area contributed by atoms with Gasteiger partial charge in [0, 0.05) is 0 Å². The Labute approximate surface area is 151 Å². The van der Waals surface area contributed by atoms with Crippen molar-refractivity contribution in [1.82, 2.24) is 9.55 Å². The van der Waals surface area contributed by atoms with Crippen LogP contribution in [0.2, 0.25) is 0 Å². The van der Waals surface area contributed by atoms with Crippen LogP contribution in [-0.4, -0.2) is 69.1 Å². The van der Waals surface area contributed by atoms with Crippen molar-refractivity contribution in [2.24, 2.45) is 0 Å². The SMILES string of the molecule is [BH3-][P@@](=O)(OC[C@H]1O[C@@H](n2cc(OC)c(=O)[nH]c2=O)[C@H](O)[C@@H]1O)OP(=O)(O)O.